The van der Waals surface area contributed by atoms with Gasteiger partial charge in [0.25, 0.3) is 0 Å². The minimum atomic E-state index is -0.830. The average molecular weight is 239 g/mol. The van der Waals surface area contributed by atoms with Crippen LogP contribution in [0, 0.1) is 17.3 Å². The van der Waals surface area contributed by atoms with Gasteiger partial charge in [0.1, 0.15) is 0 Å². The van der Waals surface area contributed by atoms with E-state index in [1.807, 2.05) is 18.7 Å². The standard InChI is InChI=1S/C13H21NO3/c1-13(2)9(10(13)12(16)17)11(15)14-7-5-3-4-6-8-14/h9-10H,3-8H2,1-2H3,(H,16,17). The molecule has 1 heterocycles. The highest BCUT2D eigenvalue weighted by Crippen LogP contribution is 2.59. The van der Waals surface area contributed by atoms with Gasteiger partial charge in [-0.05, 0) is 18.3 Å². The first-order chi connectivity index (χ1) is 7.96. The van der Waals surface area contributed by atoms with Gasteiger partial charge in [-0.15, -0.1) is 0 Å². The second kappa shape index (κ2) is 4.31. The molecule has 2 fully saturated rings. The van der Waals surface area contributed by atoms with Crippen molar-refractivity contribution in [1.29, 1.82) is 0 Å². The molecule has 1 amide bonds. The Hall–Kier alpha value is -1.06. The van der Waals surface area contributed by atoms with E-state index in [2.05, 4.69) is 0 Å². The highest BCUT2D eigenvalue weighted by Gasteiger charge is 2.66. The average Bonchev–Trinajstić information content (AvgIpc) is 2.90. The molecule has 0 radical (unpaired) electrons. The summed E-state index contributed by atoms with van der Waals surface area (Å²) in [6, 6.07) is 0. The molecule has 4 heteroatoms. The van der Waals surface area contributed by atoms with Crippen molar-refractivity contribution in [3.8, 4) is 0 Å². The second-order valence-electron chi connectivity index (χ2n) is 5.85. The molecule has 1 aliphatic heterocycles. The van der Waals surface area contributed by atoms with Gasteiger partial charge in [0.15, 0.2) is 0 Å². The molecular formula is C13H21NO3. The highest BCUT2D eigenvalue weighted by molar-refractivity contribution is 5.91. The fourth-order valence-corrected chi connectivity index (χ4v) is 3.05. The molecule has 1 saturated carbocycles. The molecule has 0 aromatic heterocycles. The molecule has 2 unspecified atom stereocenters. The van der Waals surface area contributed by atoms with Crippen LogP contribution in [0.5, 0.6) is 0 Å². The number of rotatable bonds is 2. The predicted molar refractivity (Wildman–Crippen MR) is 63.4 cm³/mol. The van der Waals surface area contributed by atoms with Crippen molar-refractivity contribution in [3.05, 3.63) is 0 Å². The molecule has 0 bridgehead atoms. The zero-order chi connectivity index (χ0) is 12.6. The summed E-state index contributed by atoms with van der Waals surface area (Å²) in [6.45, 7) is 5.37. The fraction of sp³-hybridized carbons (Fsp3) is 0.846. The number of hydrogen-bond acceptors (Lipinski definition) is 2. The minimum absolute atomic E-state index is 0.0595. The van der Waals surface area contributed by atoms with Gasteiger partial charge in [0.2, 0.25) is 5.91 Å². The zero-order valence-electron chi connectivity index (χ0n) is 10.6. The maximum Gasteiger partial charge on any atom is 0.307 e. The summed E-state index contributed by atoms with van der Waals surface area (Å²) in [5, 5.41) is 9.09. The highest BCUT2D eigenvalue weighted by atomic mass is 16.4. The van der Waals surface area contributed by atoms with E-state index in [4.69, 9.17) is 5.11 Å². The molecule has 1 N–H and O–H groups in total. The number of aliphatic carboxylic acids is 1. The molecular weight excluding hydrogens is 218 g/mol. The SMILES string of the molecule is CC1(C)C(C(=O)O)C1C(=O)N1CCCCCC1. The first-order valence-electron chi connectivity index (χ1n) is 6.48. The summed E-state index contributed by atoms with van der Waals surface area (Å²) in [7, 11) is 0. The van der Waals surface area contributed by atoms with Gasteiger partial charge < -0.3 is 10.0 Å². The Labute approximate surface area is 102 Å². The van der Waals surface area contributed by atoms with Crippen molar-refractivity contribution < 1.29 is 14.7 Å². The van der Waals surface area contributed by atoms with Crippen LogP contribution in [0.3, 0.4) is 0 Å². The Morgan fingerprint density at radius 2 is 1.59 bits per heavy atom. The van der Waals surface area contributed by atoms with Crippen LogP contribution in [0.15, 0.2) is 0 Å². The Bertz CT molecular complexity index is 330. The van der Waals surface area contributed by atoms with Crippen molar-refractivity contribution in [2.75, 3.05) is 13.1 Å². The largest absolute Gasteiger partial charge is 0.481 e. The van der Waals surface area contributed by atoms with Crippen molar-refractivity contribution in [3.63, 3.8) is 0 Å². The van der Waals surface area contributed by atoms with E-state index < -0.39 is 11.9 Å². The summed E-state index contributed by atoms with van der Waals surface area (Å²) in [5.41, 5.74) is -0.366. The number of carboxylic acid groups (broad SMARTS) is 1. The number of nitrogens with zero attached hydrogens (tertiary/aromatic N) is 1. The molecule has 17 heavy (non-hydrogen) atoms. The van der Waals surface area contributed by atoms with E-state index in [9.17, 15) is 9.59 Å². The first-order valence-corrected chi connectivity index (χ1v) is 6.48. The van der Waals surface area contributed by atoms with Gasteiger partial charge >= 0.3 is 5.97 Å². The van der Waals surface area contributed by atoms with E-state index in [1.54, 1.807) is 0 Å². The van der Waals surface area contributed by atoms with E-state index in [1.165, 1.54) is 12.8 Å². The summed E-state index contributed by atoms with van der Waals surface area (Å²) in [5.74, 6) is -1.57. The number of carbonyl (C=O) groups excluding carboxylic acids is 1. The summed E-state index contributed by atoms with van der Waals surface area (Å²) in [6.07, 6.45) is 4.47. The van der Waals surface area contributed by atoms with Gasteiger partial charge in [0, 0.05) is 13.1 Å². The van der Waals surface area contributed by atoms with Crippen molar-refractivity contribution >= 4 is 11.9 Å². The molecule has 1 aliphatic carbocycles. The quantitative estimate of drug-likeness (QED) is 0.798. The van der Waals surface area contributed by atoms with Crippen LogP contribution < -0.4 is 0 Å². The lowest BCUT2D eigenvalue weighted by Crippen LogP contribution is -2.34. The van der Waals surface area contributed by atoms with Crippen molar-refractivity contribution in [1.82, 2.24) is 4.90 Å². The molecule has 4 nitrogen and oxygen atoms in total. The Kier molecular flexibility index (Phi) is 3.15. The fourth-order valence-electron chi connectivity index (χ4n) is 3.05. The normalized spacial score (nSPS) is 31.8. The topological polar surface area (TPSA) is 57.6 Å². The molecule has 0 aromatic carbocycles. The number of carbonyl (C=O) groups is 2. The summed E-state index contributed by atoms with van der Waals surface area (Å²) in [4.78, 5) is 25.3. The van der Waals surface area contributed by atoms with Gasteiger partial charge in [-0.25, -0.2) is 0 Å². The number of hydrogen-bond donors (Lipinski definition) is 1. The maximum absolute atomic E-state index is 12.3. The van der Waals surface area contributed by atoms with Crippen LogP contribution in [-0.2, 0) is 9.59 Å². The van der Waals surface area contributed by atoms with E-state index in [0.29, 0.717) is 0 Å². The third-order valence-electron chi connectivity index (χ3n) is 4.28. The first kappa shape index (κ1) is 12.4. The third-order valence-corrected chi connectivity index (χ3v) is 4.28. The monoisotopic (exact) mass is 239 g/mol. The Morgan fingerprint density at radius 3 is 2.00 bits per heavy atom. The molecule has 1 saturated heterocycles. The van der Waals surface area contributed by atoms with Crippen LogP contribution >= 0.6 is 0 Å². The lowest BCUT2D eigenvalue weighted by molar-refractivity contribution is -0.142. The predicted octanol–water partition coefficient (Wildman–Crippen LogP) is 1.75. The number of carboxylic acids is 1. The van der Waals surface area contributed by atoms with Crippen LogP contribution in [0.4, 0.5) is 0 Å². The third kappa shape index (κ3) is 2.17. The summed E-state index contributed by atoms with van der Waals surface area (Å²) < 4.78 is 0. The second-order valence-corrected chi connectivity index (χ2v) is 5.85. The lowest BCUT2D eigenvalue weighted by Gasteiger charge is -2.21. The molecule has 2 aliphatic rings. The van der Waals surface area contributed by atoms with Gasteiger partial charge in [-0.2, -0.15) is 0 Å². The molecule has 2 rings (SSSR count). The van der Waals surface area contributed by atoms with Crippen molar-refractivity contribution in [2.45, 2.75) is 39.5 Å². The van der Waals surface area contributed by atoms with E-state index in [-0.39, 0.29) is 17.2 Å². The Morgan fingerprint density at radius 1 is 1.06 bits per heavy atom. The van der Waals surface area contributed by atoms with Crippen LogP contribution in [-0.4, -0.2) is 35.0 Å². The van der Waals surface area contributed by atoms with Crippen molar-refractivity contribution in [2.24, 2.45) is 17.3 Å². The molecule has 2 atom stereocenters. The summed E-state index contributed by atoms with van der Waals surface area (Å²) >= 11 is 0. The Balaban J connectivity index is 2.03. The van der Waals surface area contributed by atoms with E-state index in [0.717, 1.165) is 25.9 Å². The minimum Gasteiger partial charge on any atom is -0.481 e. The van der Waals surface area contributed by atoms with Gasteiger partial charge in [-0.3, -0.25) is 9.59 Å². The number of likely N-dealkylation sites (tertiary alicyclic amines) is 1. The molecule has 96 valence electrons. The maximum atomic E-state index is 12.3. The van der Waals surface area contributed by atoms with Gasteiger partial charge in [0.05, 0.1) is 11.8 Å². The molecule has 0 aromatic rings. The smallest absolute Gasteiger partial charge is 0.307 e. The lowest BCUT2D eigenvalue weighted by atomic mass is 10.1. The molecule has 0 spiro atoms. The zero-order valence-corrected chi connectivity index (χ0v) is 10.6. The van der Waals surface area contributed by atoms with E-state index >= 15 is 0 Å². The number of amides is 1. The van der Waals surface area contributed by atoms with Crippen LogP contribution in [0.25, 0.3) is 0 Å². The van der Waals surface area contributed by atoms with Gasteiger partial charge in [-0.1, -0.05) is 26.7 Å². The van der Waals surface area contributed by atoms with Crippen LogP contribution in [0.1, 0.15) is 39.5 Å². The van der Waals surface area contributed by atoms with Crippen LogP contribution in [0.2, 0.25) is 0 Å².